The molecule has 5 nitrogen and oxygen atoms in total. The SMILES string of the molecule is CCc1c[nH]c2ncnc(N3CCC(C(C)N)CC3)c12. The summed E-state index contributed by atoms with van der Waals surface area (Å²) in [5.74, 6) is 1.72. The van der Waals surface area contributed by atoms with Gasteiger partial charge in [-0.1, -0.05) is 6.92 Å². The number of aromatic amines is 1. The van der Waals surface area contributed by atoms with Crippen molar-refractivity contribution in [3.05, 3.63) is 18.1 Å². The van der Waals surface area contributed by atoms with Gasteiger partial charge in [0.05, 0.1) is 5.39 Å². The molecule has 108 valence electrons. The van der Waals surface area contributed by atoms with Gasteiger partial charge in [0.1, 0.15) is 17.8 Å². The summed E-state index contributed by atoms with van der Waals surface area (Å²) in [6.45, 7) is 6.35. The van der Waals surface area contributed by atoms with Gasteiger partial charge >= 0.3 is 0 Å². The predicted molar refractivity (Wildman–Crippen MR) is 81.9 cm³/mol. The van der Waals surface area contributed by atoms with Crippen molar-refractivity contribution < 1.29 is 0 Å². The number of rotatable bonds is 3. The van der Waals surface area contributed by atoms with Gasteiger partial charge in [-0.05, 0) is 37.7 Å². The zero-order valence-electron chi connectivity index (χ0n) is 12.3. The van der Waals surface area contributed by atoms with E-state index in [1.54, 1.807) is 6.33 Å². The van der Waals surface area contributed by atoms with Crippen LogP contribution >= 0.6 is 0 Å². The molecular formula is C15H23N5. The van der Waals surface area contributed by atoms with Crippen molar-refractivity contribution in [2.75, 3.05) is 18.0 Å². The molecule has 0 saturated carbocycles. The second kappa shape index (κ2) is 5.40. The molecule has 0 bridgehead atoms. The maximum atomic E-state index is 6.02. The monoisotopic (exact) mass is 273 g/mol. The number of nitrogens with two attached hydrogens (primary N) is 1. The van der Waals surface area contributed by atoms with E-state index in [0.717, 1.165) is 43.8 Å². The van der Waals surface area contributed by atoms with Crippen LogP contribution in [0, 0.1) is 5.92 Å². The molecule has 2 aromatic heterocycles. The van der Waals surface area contributed by atoms with E-state index in [1.807, 2.05) is 0 Å². The van der Waals surface area contributed by atoms with Crippen LogP contribution in [-0.2, 0) is 6.42 Å². The molecule has 0 amide bonds. The lowest BCUT2D eigenvalue weighted by Gasteiger charge is -2.34. The summed E-state index contributed by atoms with van der Waals surface area (Å²) in [5, 5.41) is 1.19. The molecule has 0 spiro atoms. The Morgan fingerprint density at radius 1 is 1.40 bits per heavy atom. The van der Waals surface area contributed by atoms with Gasteiger partial charge in [-0.15, -0.1) is 0 Å². The first-order valence-corrected chi connectivity index (χ1v) is 7.52. The Morgan fingerprint density at radius 3 is 2.80 bits per heavy atom. The molecule has 1 aliphatic heterocycles. The van der Waals surface area contributed by atoms with Gasteiger partial charge in [0.25, 0.3) is 0 Å². The van der Waals surface area contributed by atoms with Gasteiger partial charge in [-0.2, -0.15) is 0 Å². The number of hydrogen-bond donors (Lipinski definition) is 2. The number of hydrogen-bond acceptors (Lipinski definition) is 4. The fraction of sp³-hybridized carbons (Fsp3) is 0.600. The van der Waals surface area contributed by atoms with Gasteiger partial charge < -0.3 is 15.6 Å². The molecule has 3 heterocycles. The minimum Gasteiger partial charge on any atom is -0.356 e. The Labute approximate surface area is 119 Å². The Hall–Kier alpha value is -1.62. The molecule has 1 aliphatic rings. The number of aryl methyl sites for hydroxylation is 1. The highest BCUT2D eigenvalue weighted by Crippen LogP contribution is 2.30. The number of nitrogens with zero attached hydrogens (tertiary/aromatic N) is 3. The third kappa shape index (κ3) is 2.26. The van der Waals surface area contributed by atoms with Crippen LogP contribution in [-0.4, -0.2) is 34.1 Å². The molecule has 0 aliphatic carbocycles. The maximum absolute atomic E-state index is 6.02. The molecular weight excluding hydrogens is 250 g/mol. The number of anilines is 1. The summed E-state index contributed by atoms with van der Waals surface area (Å²) in [4.78, 5) is 14.5. The number of aromatic nitrogens is 3. The van der Waals surface area contributed by atoms with Crippen LogP contribution in [0.1, 0.15) is 32.3 Å². The van der Waals surface area contributed by atoms with E-state index in [4.69, 9.17) is 5.73 Å². The fourth-order valence-electron chi connectivity index (χ4n) is 3.16. The van der Waals surface area contributed by atoms with Crippen LogP contribution in [0.5, 0.6) is 0 Å². The van der Waals surface area contributed by atoms with Crippen molar-refractivity contribution in [3.8, 4) is 0 Å². The lowest BCUT2D eigenvalue weighted by molar-refractivity contribution is 0.354. The van der Waals surface area contributed by atoms with Crippen molar-refractivity contribution in [2.24, 2.45) is 11.7 Å². The van der Waals surface area contributed by atoms with Crippen molar-refractivity contribution in [2.45, 2.75) is 39.2 Å². The fourth-order valence-corrected chi connectivity index (χ4v) is 3.16. The van der Waals surface area contributed by atoms with Crippen molar-refractivity contribution in [3.63, 3.8) is 0 Å². The van der Waals surface area contributed by atoms with E-state index in [9.17, 15) is 0 Å². The summed E-state index contributed by atoms with van der Waals surface area (Å²) in [6.07, 6.45) is 7.00. The molecule has 1 unspecified atom stereocenters. The Morgan fingerprint density at radius 2 is 2.15 bits per heavy atom. The van der Waals surface area contributed by atoms with E-state index < -0.39 is 0 Å². The highest BCUT2D eigenvalue weighted by Gasteiger charge is 2.24. The van der Waals surface area contributed by atoms with Crippen LogP contribution < -0.4 is 10.6 Å². The molecule has 3 rings (SSSR count). The predicted octanol–water partition coefficient (Wildman–Crippen LogP) is 2.08. The van der Waals surface area contributed by atoms with Gasteiger partial charge in [-0.3, -0.25) is 0 Å². The average molecular weight is 273 g/mol. The summed E-state index contributed by atoms with van der Waals surface area (Å²) in [5.41, 5.74) is 8.26. The summed E-state index contributed by atoms with van der Waals surface area (Å²) >= 11 is 0. The minimum absolute atomic E-state index is 0.293. The lowest BCUT2D eigenvalue weighted by atomic mass is 9.91. The summed E-state index contributed by atoms with van der Waals surface area (Å²) in [7, 11) is 0. The summed E-state index contributed by atoms with van der Waals surface area (Å²) in [6, 6.07) is 0.293. The molecule has 1 atom stereocenters. The van der Waals surface area contributed by atoms with Crippen molar-refractivity contribution >= 4 is 16.9 Å². The maximum Gasteiger partial charge on any atom is 0.143 e. The molecule has 0 aromatic carbocycles. The normalized spacial score (nSPS) is 18.6. The highest BCUT2D eigenvalue weighted by molar-refractivity contribution is 5.90. The molecule has 1 saturated heterocycles. The van der Waals surface area contributed by atoms with Crippen molar-refractivity contribution in [1.29, 1.82) is 0 Å². The van der Waals surface area contributed by atoms with Crippen LogP contribution in [0.4, 0.5) is 5.82 Å². The Bertz CT molecular complexity index is 581. The second-order valence-corrected chi connectivity index (χ2v) is 5.77. The molecule has 0 radical (unpaired) electrons. The highest BCUT2D eigenvalue weighted by atomic mass is 15.2. The van der Waals surface area contributed by atoms with Crippen molar-refractivity contribution in [1.82, 2.24) is 15.0 Å². The zero-order chi connectivity index (χ0) is 14.1. The molecule has 1 fully saturated rings. The first-order chi connectivity index (χ1) is 9.70. The van der Waals surface area contributed by atoms with Gasteiger partial charge in [-0.25, -0.2) is 9.97 Å². The largest absolute Gasteiger partial charge is 0.356 e. The third-order valence-corrected chi connectivity index (χ3v) is 4.50. The first-order valence-electron chi connectivity index (χ1n) is 7.52. The third-order valence-electron chi connectivity index (χ3n) is 4.50. The van der Waals surface area contributed by atoms with Gasteiger partial charge in [0.2, 0.25) is 0 Å². The molecule has 20 heavy (non-hydrogen) atoms. The quantitative estimate of drug-likeness (QED) is 0.898. The molecule has 2 aromatic rings. The second-order valence-electron chi connectivity index (χ2n) is 5.77. The minimum atomic E-state index is 0.293. The van der Waals surface area contributed by atoms with E-state index in [1.165, 1.54) is 10.9 Å². The van der Waals surface area contributed by atoms with E-state index in [0.29, 0.717) is 12.0 Å². The molecule has 5 heteroatoms. The average Bonchev–Trinajstić information content (AvgIpc) is 2.90. The number of H-pyrrole nitrogens is 1. The Kier molecular flexibility index (Phi) is 3.61. The van der Waals surface area contributed by atoms with Crippen LogP contribution in [0.25, 0.3) is 11.0 Å². The Balaban J connectivity index is 1.89. The standard InChI is InChI=1S/C15H23N5/c1-3-11-8-17-14-13(11)15(19-9-18-14)20-6-4-12(5-7-20)10(2)16/h8-10,12H,3-7,16H2,1-2H3,(H,17,18,19). The number of nitrogens with one attached hydrogen (secondary N) is 1. The first kappa shape index (κ1) is 13.4. The summed E-state index contributed by atoms with van der Waals surface area (Å²) < 4.78 is 0. The topological polar surface area (TPSA) is 70.8 Å². The zero-order valence-corrected chi connectivity index (χ0v) is 12.3. The smallest absolute Gasteiger partial charge is 0.143 e. The van der Waals surface area contributed by atoms with E-state index in [-0.39, 0.29) is 0 Å². The lowest BCUT2D eigenvalue weighted by Crippen LogP contribution is -2.40. The van der Waals surface area contributed by atoms with Gasteiger partial charge in [0.15, 0.2) is 0 Å². The van der Waals surface area contributed by atoms with Crippen LogP contribution in [0.3, 0.4) is 0 Å². The number of fused-ring (bicyclic) bond motifs is 1. The molecule has 3 N–H and O–H groups in total. The van der Waals surface area contributed by atoms with Gasteiger partial charge in [0, 0.05) is 25.3 Å². The van der Waals surface area contributed by atoms with Crippen LogP contribution in [0.2, 0.25) is 0 Å². The van der Waals surface area contributed by atoms with E-state index >= 15 is 0 Å². The number of piperidine rings is 1. The van der Waals surface area contributed by atoms with E-state index in [2.05, 4.69) is 39.9 Å². The van der Waals surface area contributed by atoms with Crippen LogP contribution in [0.15, 0.2) is 12.5 Å².